The maximum absolute atomic E-state index is 15.4. The molecule has 2 amide bonds. The fourth-order valence-electron chi connectivity index (χ4n) is 9.00. The first-order valence-electron chi connectivity index (χ1n) is 18.7. The van der Waals surface area contributed by atoms with Gasteiger partial charge in [-0.15, -0.1) is 0 Å². The van der Waals surface area contributed by atoms with Gasteiger partial charge >= 0.3 is 6.09 Å². The van der Waals surface area contributed by atoms with Gasteiger partial charge in [0.25, 0.3) is 0 Å². The Morgan fingerprint density at radius 1 is 1.04 bits per heavy atom. The van der Waals surface area contributed by atoms with E-state index in [0.717, 1.165) is 49.8 Å². The summed E-state index contributed by atoms with van der Waals surface area (Å²) in [6, 6.07) is 8.47. The van der Waals surface area contributed by atoms with Gasteiger partial charge in [0.05, 0.1) is 19.5 Å². The number of aliphatic hydroxyl groups excluding tert-OH is 1. The van der Waals surface area contributed by atoms with Gasteiger partial charge in [-0.3, -0.25) is 14.4 Å². The van der Waals surface area contributed by atoms with Gasteiger partial charge in [-0.2, -0.15) is 5.10 Å². The molecule has 0 spiro atoms. The SMILES string of the molecule is COc1ccc(C23CCC(CN(C(=O)C4CCC(OC(=O)N5CC(CO)C5)CC4)c4cc(-c5cnn(C(C)C)c5)c(F)cn4)(CC2)CC3)cc1C. The number of pyridine rings is 1. The molecule has 3 heterocycles. The quantitative estimate of drug-likeness (QED) is 0.238. The number of rotatable bonds is 10. The molecule has 11 heteroatoms. The summed E-state index contributed by atoms with van der Waals surface area (Å²) in [5, 5.41) is 13.7. The first-order valence-corrected chi connectivity index (χ1v) is 18.7. The molecule has 3 aromatic rings. The van der Waals surface area contributed by atoms with Crippen molar-refractivity contribution in [3.05, 3.63) is 59.8 Å². The number of benzene rings is 1. The molecule has 1 saturated heterocycles. The molecule has 0 atom stereocenters. The molecular weight excluding hydrogens is 649 g/mol. The molecule has 2 bridgehead atoms. The molecule has 1 aliphatic heterocycles. The number of aliphatic hydroxyl groups is 1. The number of fused-ring (bicyclic) bond motifs is 3. The molecule has 2 aromatic heterocycles. The molecule has 0 radical (unpaired) electrons. The fourth-order valence-corrected chi connectivity index (χ4v) is 9.00. The van der Waals surface area contributed by atoms with Crippen LogP contribution in [0.2, 0.25) is 0 Å². The summed E-state index contributed by atoms with van der Waals surface area (Å²) in [4.78, 5) is 35.3. The van der Waals surface area contributed by atoms with Crippen molar-refractivity contribution < 1.29 is 28.6 Å². The molecule has 8 rings (SSSR count). The van der Waals surface area contributed by atoms with Gasteiger partial charge in [-0.05, 0) is 119 Å². The van der Waals surface area contributed by atoms with Gasteiger partial charge in [-0.25, -0.2) is 14.2 Å². The molecule has 4 aliphatic carbocycles. The normalized spacial score (nSPS) is 26.2. The Morgan fingerprint density at radius 3 is 2.35 bits per heavy atom. The molecule has 1 N–H and O–H groups in total. The smallest absolute Gasteiger partial charge is 0.410 e. The van der Waals surface area contributed by atoms with Crippen molar-refractivity contribution >= 4 is 17.8 Å². The number of halogens is 1. The van der Waals surface area contributed by atoms with E-state index >= 15 is 4.39 Å². The zero-order valence-corrected chi connectivity index (χ0v) is 30.4. The molecule has 10 nitrogen and oxygen atoms in total. The van der Waals surface area contributed by atoms with E-state index in [0.29, 0.717) is 62.3 Å². The topological polar surface area (TPSA) is 110 Å². The van der Waals surface area contributed by atoms with Crippen LogP contribution < -0.4 is 9.64 Å². The van der Waals surface area contributed by atoms with Crippen molar-refractivity contribution in [3.63, 3.8) is 0 Å². The average Bonchev–Trinajstić information content (AvgIpc) is 3.62. The highest BCUT2D eigenvalue weighted by molar-refractivity contribution is 5.95. The van der Waals surface area contributed by atoms with E-state index in [1.807, 2.05) is 24.9 Å². The van der Waals surface area contributed by atoms with Crippen LogP contribution in [0, 0.1) is 30.0 Å². The Hall–Kier alpha value is -3.99. The van der Waals surface area contributed by atoms with E-state index in [-0.39, 0.29) is 53.4 Å². The third-order valence-corrected chi connectivity index (χ3v) is 12.5. The van der Waals surface area contributed by atoms with Crippen LogP contribution >= 0.6 is 0 Å². The summed E-state index contributed by atoms with van der Waals surface area (Å²) < 4.78 is 28.5. The van der Waals surface area contributed by atoms with Crippen LogP contribution in [0.25, 0.3) is 11.1 Å². The lowest BCUT2D eigenvalue weighted by Gasteiger charge is -2.55. The lowest BCUT2D eigenvalue weighted by atomic mass is 9.51. The van der Waals surface area contributed by atoms with E-state index < -0.39 is 5.82 Å². The largest absolute Gasteiger partial charge is 0.496 e. The van der Waals surface area contributed by atoms with Gasteiger partial charge in [0.1, 0.15) is 23.5 Å². The maximum Gasteiger partial charge on any atom is 0.410 e. The number of aryl methyl sites for hydroxylation is 1. The molecule has 5 fully saturated rings. The third-order valence-electron chi connectivity index (χ3n) is 12.5. The Morgan fingerprint density at radius 2 is 1.75 bits per heavy atom. The number of anilines is 1. The van der Waals surface area contributed by atoms with Crippen molar-refractivity contribution in [1.29, 1.82) is 0 Å². The number of hydrogen-bond donors (Lipinski definition) is 1. The van der Waals surface area contributed by atoms with Crippen LogP contribution in [0.5, 0.6) is 5.75 Å². The fraction of sp³-hybridized carbons (Fsp3) is 0.600. The molecule has 4 saturated carbocycles. The Balaban J connectivity index is 1.10. The average molecular weight is 702 g/mol. The molecule has 51 heavy (non-hydrogen) atoms. The van der Waals surface area contributed by atoms with Crippen LogP contribution in [0.3, 0.4) is 0 Å². The number of nitrogens with zero attached hydrogens (tertiary/aromatic N) is 5. The molecule has 0 unspecified atom stereocenters. The van der Waals surface area contributed by atoms with Gasteiger partial charge in [0.2, 0.25) is 5.91 Å². The van der Waals surface area contributed by atoms with Gasteiger partial charge in [-0.1, -0.05) is 12.1 Å². The highest BCUT2D eigenvalue weighted by atomic mass is 19.1. The highest BCUT2D eigenvalue weighted by Gasteiger charge is 2.51. The maximum atomic E-state index is 15.4. The summed E-state index contributed by atoms with van der Waals surface area (Å²) >= 11 is 0. The lowest BCUT2D eigenvalue weighted by molar-refractivity contribution is -0.124. The zero-order valence-electron chi connectivity index (χ0n) is 30.4. The Bertz CT molecular complexity index is 1720. The second-order valence-corrected chi connectivity index (χ2v) is 16.0. The zero-order chi connectivity index (χ0) is 35.9. The highest BCUT2D eigenvalue weighted by Crippen LogP contribution is 2.58. The summed E-state index contributed by atoms with van der Waals surface area (Å²) in [5.41, 5.74) is 3.66. The number of amides is 2. The van der Waals surface area contributed by atoms with E-state index in [1.54, 1.807) is 29.0 Å². The summed E-state index contributed by atoms with van der Waals surface area (Å²) in [6.07, 6.45) is 12.8. The Kier molecular flexibility index (Phi) is 9.86. The van der Waals surface area contributed by atoms with Crippen LogP contribution in [-0.4, -0.2) is 76.2 Å². The van der Waals surface area contributed by atoms with Crippen LogP contribution in [-0.2, 0) is 14.9 Å². The van der Waals surface area contributed by atoms with Crippen LogP contribution in [0.15, 0.2) is 42.9 Å². The predicted octanol–water partition coefficient (Wildman–Crippen LogP) is 7.23. The first kappa shape index (κ1) is 35.4. The number of aromatic nitrogens is 3. The van der Waals surface area contributed by atoms with Gasteiger partial charge < -0.3 is 19.5 Å². The van der Waals surface area contributed by atoms with Crippen LogP contribution in [0.1, 0.15) is 95.2 Å². The number of hydrogen-bond acceptors (Lipinski definition) is 7. The first-order chi connectivity index (χ1) is 24.5. The van der Waals surface area contributed by atoms with Crippen molar-refractivity contribution in [2.24, 2.45) is 17.3 Å². The number of ether oxygens (including phenoxy) is 2. The summed E-state index contributed by atoms with van der Waals surface area (Å²) in [7, 11) is 1.71. The van der Waals surface area contributed by atoms with Crippen molar-refractivity contribution in [3.8, 4) is 16.9 Å². The van der Waals surface area contributed by atoms with E-state index in [1.165, 1.54) is 11.8 Å². The summed E-state index contributed by atoms with van der Waals surface area (Å²) in [5.74, 6) is 0.830. The molecule has 274 valence electrons. The van der Waals surface area contributed by atoms with Gasteiger partial charge in [0, 0.05) is 61.4 Å². The standard InChI is InChI=1S/C40H52FN5O5/c1-26(2)46-23-30(19-43-46)33-18-36(42-20-34(33)41)45(37(48)29-5-8-32(9-6-29)51-38(49)44-21-28(22-44)24-47)25-39-11-14-40(15-12-39,16-13-39)31-7-10-35(50-4)27(3)17-31/h7,10,17-20,23,26,28-29,32,47H,5-6,8-9,11-16,21-22,24-25H2,1-4H3. The van der Waals surface area contributed by atoms with Crippen molar-refractivity contribution in [1.82, 2.24) is 19.7 Å². The van der Waals surface area contributed by atoms with Gasteiger partial charge in [0.15, 0.2) is 0 Å². The minimum atomic E-state index is -0.447. The minimum Gasteiger partial charge on any atom is -0.496 e. The molecular formula is C40H52FN5O5. The van der Waals surface area contributed by atoms with E-state index in [4.69, 9.17) is 9.47 Å². The number of carbonyl (C=O) groups is 2. The second-order valence-electron chi connectivity index (χ2n) is 16.0. The predicted molar refractivity (Wildman–Crippen MR) is 192 cm³/mol. The monoisotopic (exact) mass is 701 g/mol. The Labute approximate surface area is 300 Å². The van der Waals surface area contributed by atoms with Crippen LogP contribution in [0.4, 0.5) is 15.0 Å². The van der Waals surface area contributed by atoms with Crippen molar-refractivity contribution in [2.45, 2.75) is 103 Å². The number of likely N-dealkylation sites (tertiary alicyclic amines) is 1. The third kappa shape index (κ3) is 6.98. The number of carbonyl (C=O) groups excluding carboxylic acids is 2. The summed E-state index contributed by atoms with van der Waals surface area (Å²) in [6.45, 7) is 7.81. The molecule has 5 aliphatic rings. The molecule has 1 aromatic carbocycles. The van der Waals surface area contributed by atoms with Crippen molar-refractivity contribution in [2.75, 3.05) is 38.3 Å². The minimum absolute atomic E-state index is 0.0128. The van der Waals surface area contributed by atoms with E-state index in [2.05, 4.69) is 35.2 Å². The van der Waals surface area contributed by atoms with E-state index in [9.17, 15) is 14.7 Å². The lowest BCUT2D eigenvalue weighted by Crippen LogP contribution is -2.52. The second kappa shape index (κ2) is 14.2. The number of methoxy groups -OCH3 is 1.